The zero-order chi connectivity index (χ0) is 17.3. The third-order valence-corrected chi connectivity index (χ3v) is 3.70. The van der Waals surface area contributed by atoms with E-state index in [9.17, 15) is 4.79 Å². The zero-order valence-electron chi connectivity index (χ0n) is 14.4. The van der Waals surface area contributed by atoms with Gasteiger partial charge in [-0.3, -0.25) is 4.79 Å². The van der Waals surface area contributed by atoms with Crippen molar-refractivity contribution >= 4 is 5.97 Å². The largest absolute Gasteiger partial charge is 0.469 e. The van der Waals surface area contributed by atoms with E-state index in [-0.39, 0.29) is 30.6 Å². The van der Waals surface area contributed by atoms with Crippen LogP contribution in [0.1, 0.15) is 46.5 Å². The van der Waals surface area contributed by atoms with Gasteiger partial charge in [-0.25, -0.2) is 0 Å². The van der Waals surface area contributed by atoms with Gasteiger partial charge in [0.25, 0.3) is 0 Å². The lowest BCUT2D eigenvalue weighted by Crippen LogP contribution is -2.24. The van der Waals surface area contributed by atoms with E-state index in [4.69, 9.17) is 19.7 Å². The Morgan fingerprint density at radius 2 is 2.22 bits per heavy atom. The van der Waals surface area contributed by atoms with Crippen LogP contribution in [0.25, 0.3) is 10.4 Å². The van der Waals surface area contributed by atoms with E-state index in [0.29, 0.717) is 6.42 Å². The first-order valence-electron chi connectivity index (χ1n) is 8.03. The molecule has 0 aliphatic carbocycles. The summed E-state index contributed by atoms with van der Waals surface area (Å²) in [5, 5.41) is 3.58. The van der Waals surface area contributed by atoms with E-state index in [1.165, 1.54) is 7.11 Å². The molecular formula is C16H27N3O4. The summed E-state index contributed by atoms with van der Waals surface area (Å²) >= 11 is 0. The minimum absolute atomic E-state index is 0.106. The van der Waals surface area contributed by atoms with Crippen molar-refractivity contribution in [3.05, 3.63) is 22.6 Å². The molecule has 0 aromatic heterocycles. The molecule has 1 saturated heterocycles. The summed E-state index contributed by atoms with van der Waals surface area (Å²) in [4.78, 5) is 14.3. The summed E-state index contributed by atoms with van der Waals surface area (Å²) in [6.07, 6.45) is 6.67. The highest BCUT2D eigenvalue weighted by molar-refractivity contribution is 5.69. The van der Waals surface area contributed by atoms with Gasteiger partial charge in [-0.2, -0.15) is 0 Å². The highest BCUT2D eigenvalue weighted by atomic mass is 16.7. The fraction of sp³-hybridized carbons (Fsp3) is 0.812. The van der Waals surface area contributed by atoms with Crippen LogP contribution in [0.2, 0.25) is 0 Å². The predicted octanol–water partition coefficient (Wildman–Crippen LogP) is 3.74. The summed E-state index contributed by atoms with van der Waals surface area (Å²) in [5.41, 5.74) is 8.48. The highest BCUT2D eigenvalue weighted by Crippen LogP contribution is 2.30. The van der Waals surface area contributed by atoms with Gasteiger partial charge < -0.3 is 14.2 Å². The number of rotatable bonds is 9. The molecule has 1 aliphatic heterocycles. The monoisotopic (exact) mass is 325 g/mol. The molecule has 0 bridgehead atoms. The fourth-order valence-corrected chi connectivity index (χ4v) is 2.58. The Hall–Kier alpha value is -1.56. The Kier molecular flexibility index (Phi) is 8.09. The van der Waals surface area contributed by atoms with Crippen molar-refractivity contribution in [2.75, 3.05) is 13.7 Å². The van der Waals surface area contributed by atoms with Crippen LogP contribution in [-0.2, 0) is 19.0 Å². The molecule has 3 atom stereocenters. The summed E-state index contributed by atoms with van der Waals surface area (Å²) < 4.78 is 16.3. The SMILES string of the molecule is CCCCC(/C=C/C1OC(C)(C)OC1CN=[N+]=[N-])CC(=O)OC. The lowest BCUT2D eigenvalue weighted by atomic mass is 9.97. The number of unbranched alkanes of at least 4 members (excludes halogenated alkanes) is 1. The molecule has 0 amide bonds. The van der Waals surface area contributed by atoms with Gasteiger partial charge in [-0.05, 0) is 31.7 Å². The van der Waals surface area contributed by atoms with Crippen molar-refractivity contribution in [1.82, 2.24) is 0 Å². The third kappa shape index (κ3) is 7.03. The number of carbonyl (C=O) groups excluding carboxylic acids is 1. The molecule has 3 unspecified atom stereocenters. The van der Waals surface area contributed by atoms with Crippen LogP contribution in [-0.4, -0.2) is 37.6 Å². The predicted molar refractivity (Wildman–Crippen MR) is 86.6 cm³/mol. The summed E-state index contributed by atoms with van der Waals surface area (Å²) in [6, 6.07) is 0. The van der Waals surface area contributed by atoms with Crippen LogP contribution in [0.5, 0.6) is 0 Å². The van der Waals surface area contributed by atoms with Gasteiger partial charge >= 0.3 is 5.97 Å². The van der Waals surface area contributed by atoms with Crippen molar-refractivity contribution in [3.63, 3.8) is 0 Å². The maximum absolute atomic E-state index is 11.5. The van der Waals surface area contributed by atoms with E-state index in [1.54, 1.807) is 0 Å². The number of ether oxygens (including phenoxy) is 3. The number of allylic oxidation sites excluding steroid dienone is 1. The molecule has 0 N–H and O–H groups in total. The first-order valence-corrected chi connectivity index (χ1v) is 8.03. The first kappa shape index (κ1) is 19.5. The normalized spacial score (nSPS) is 24.3. The number of nitrogens with zero attached hydrogens (tertiary/aromatic N) is 3. The van der Waals surface area contributed by atoms with E-state index in [2.05, 4.69) is 16.9 Å². The number of esters is 1. The average Bonchev–Trinajstić information content (AvgIpc) is 2.81. The molecule has 7 nitrogen and oxygen atoms in total. The van der Waals surface area contributed by atoms with Gasteiger partial charge in [0.2, 0.25) is 0 Å². The van der Waals surface area contributed by atoms with Crippen LogP contribution in [0, 0.1) is 5.92 Å². The minimum Gasteiger partial charge on any atom is -0.469 e. The molecule has 23 heavy (non-hydrogen) atoms. The Labute approximate surface area is 137 Å². The molecule has 0 aromatic rings. The Morgan fingerprint density at radius 3 is 2.83 bits per heavy atom. The van der Waals surface area contributed by atoms with Crippen LogP contribution in [0.4, 0.5) is 0 Å². The van der Waals surface area contributed by atoms with Crippen molar-refractivity contribution in [2.24, 2.45) is 11.0 Å². The van der Waals surface area contributed by atoms with Gasteiger partial charge in [0.15, 0.2) is 5.79 Å². The second kappa shape index (κ2) is 9.55. The Morgan fingerprint density at radius 1 is 1.48 bits per heavy atom. The molecule has 1 rings (SSSR count). The maximum atomic E-state index is 11.5. The molecule has 0 aromatic carbocycles. The number of carbonyl (C=O) groups is 1. The Bertz CT molecular complexity index is 458. The number of hydrogen-bond donors (Lipinski definition) is 0. The number of azide groups is 1. The molecule has 0 saturated carbocycles. The molecule has 7 heteroatoms. The van der Waals surface area contributed by atoms with Crippen LogP contribution < -0.4 is 0 Å². The summed E-state index contributed by atoms with van der Waals surface area (Å²) in [5.74, 6) is -0.827. The number of hydrogen-bond acceptors (Lipinski definition) is 5. The van der Waals surface area contributed by atoms with Gasteiger partial charge in [-0.1, -0.05) is 37.0 Å². The molecule has 1 heterocycles. The van der Waals surface area contributed by atoms with Crippen molar-refractivity contribution in [3.8, 4) is 0 Å². The van der Waals surface area contributed by atoms with E-state index >= 15 is 0 Å². The van der Waals surface area contributed by atoms with Crippen molar-refractivity contribution in [1.29, 1.82) is 0 Å². The fourth-order valence-electron chi connectivity index (χ4n) is 2.58. The van der Waals surface area contributed by atoms with E-state index < -0.39 is 5.79 Å². The van der Waals surface area contributed by atoms with Gasteiger partial charge in [0, 0.05) is 4.91 Å². The van der Waals surface area contributed by atoms with Crippen LogP contribution >= 0.6 is 0 Å². The molecule has 1 fully saturated rings. The molecule has 0 radical (unpaired) electrons. The zero-order valence-corrected chi connectivity index (χ0v) is 14.4. The highest BCUT2D eigenvalue weighted by Gasteiger charge is 2.39. The molecule has 1 aliphatic rings. The van der Waals surface area contributed by atoms with E-state index in [0.717, 1.165) is 19.3 Å². The smallest absolute Gasteiger partial charge is 0.306 e. The minimum atomic E-state index is -0.716. The summed E-state index contributed by atoms with van der Waals surface area (Å²) in [6.45, 7) is 5.98. The third-order valence-electron chi connectivity index (χ3n) is 3.70. The average molecular weight is 325 g/mol. The lowest BCUT2D eigenvalue weighted by Gasteiger charge is -2.16. The van der Waals surface area contributed by atoms with Crippen LogP contribution in [0.3, 0.4) is 0 Å². The standard InChI is InChI=1S/C16H27N3O4/c1-5-6-7-12(10-15(20)21-4)8-9-13-14(11-18-19-17)23-16(2,3)22-13/h8-9,12-14H,5-7,10-11H2,1-4H3/b9-8+. The van der Waals surface area contributed by atoms with Crippen molar-refractivity contribution < 1.29 is 19.0 Å². The van der Waals surface area contributed by atoms with Crippen LogP contribution in [0.15, 0.2) is 17.3 Å². The first-order chi connectivity index (χ1) is 10.9. The lowest BCUT2D eigenvalue weighted by molar-refractivity contribution is -0.142. The second-order valence-corrected chi connectivity index (χ2v) is 6.12. The second-order valence-electron chi connectivity index (χ2n) is 6.12. The van der Waals surface area contributed by atoms with Crippen molar-refractivity contribution in [2.45, 2.75) is 64.4 Å². The summed E-state index contributed by atoms with van der Waals surface area (Å²) in [7, 11) is 1.40. The molecule has 0 spiro atoms. The Balaban J connectivity index is 2.74. The quantitative estimate of drug-likeness (QED) is 0.212. The van der Waals surface area contributed by atoms with Gasteiger partial charge in [0.1, 0.15) is 6.10 Å². The molecular weight excluding hydrogens is 298 g/mol. The van der Waals surface area contributed by atoms with Gasteiger partial charge in [0.05, 0.1) is 26.2 Å². The van der Waals surface area contributed by atoms with E-state index in [1.807, 2.05) is 26.0 Å². The molecule has 130 valence electrons. The number of methoxy groups -OCH3 is 1. The maximum Gasteiger partial charge on any atom is 0.306 e. The van der Waals surface area contributed by atoms with Gasteiger partial charge in [-0.15, -0.1) is 0 Å². The topological polar surface area (TPSA) is 93.5 Å².